The van der Waals surface area contributed by atoms with Gasteiger partial charge in [0.2, 0.25) is 0 Å². The van der Waals surface area contributed by atoms with Crippen LogP contribution in [-0.2, 0) is 21.4 Å². The van der Waals surface area contributed by atoms with Crippen LogP contribution >= 0.6 is 0 Å². The van der Waals surface area contributed by atoms with Gasteiger partial charge in [-0.15, -0.1) is 0 Å². The van der Waals surface area contributed by atoms with Crippen LogP contribution < -0.4 is 4.72 Å². The second-order valence-corrected chi connectivity index (χ2v) is 6.07. The smallest absolute Gasteiger partial charge is 0.258 e. The van der Waals surface area contributed by atoms with Crippen LogP contribution in [0.2, 0.25) is 0 Å². The number of nitrogens with one attached hydrogen (secondary N) is 1. The molecule has 0 spiro atoms. The van der Waals surface area contributed by atoms with E-state index in [-0.39, 0.29) is 11.6 Å². The number of aliphatic hydroxyl groups excluding tert-OH is 1. The third kappa shape index (κ3) is 5.51. The summed E-state index contributed by atoms with van der Waals surface area (Å²) in [6.07, 6.45) is 1.35. The normalized spacial score (nSPS) is 12.0. The second kappa shape index (κ2) is 8.28. The Morgan fingerprint density at radius 1 is 1.40 bits per heavy atom. The van der Waals surface area contributed by atoms with Crippen molar-refractivity contribution < 1.29 is 18.3 Å². The zero-order valence-corrected chi connectivity index (χ0v) is 12.6. The van der Waals surface area contributed by atoms with E-state index in [9.17, 15) is 8.42 Å². The molecule has 0 aromatic carbocycles. The van der Waals surface area contributed by atoms with Gasteiger partial charge >= 0.3 is 0 Å². The quantitative estimate of drug-likeness (QED) is 0.635. The Morgan fingerprint density at radius 2 is 2.15 bits per heavy atom. The number of hydrogen-bond donors (Lipinski definition) is 2. The fraction of sp³-hybridized carbons (Fsp3) is 0.583. The summed E-state index contributed by atoms with van der Waals surface area (Å²) in [5.41, 5.74) is 0.572. The van der Waals surface area contributed by atoms with Crippen molar-refractivity contribution in [3.8, 4) is 0 Å². The molecule has 1 aromatic rings. The van der Waals surface area contributed by atoms with Crippen LogP contribution in [0.25, 0.3) is 0 Å². The molecule has 1 aromatic heterocycles. The van der Waals surface area contributed by atoms with Gasteiger partial charge in [0.25, 0.3) is 10.0 Å². The largest absolute Gasteiger partial charge is 0.392 e. The first-order chi connectivity index (χ1) is 9.49. The molecule has 2 N–H and O–H groups in total. The summed E-state index contributed by atoms with van der Waals surface area (Å²) >= 11 is 0. The second-order valence-electron chi connectivity index (χ2n) is 4.36. The topological polar surface area (TPSA) is 91.8 Å². The van der Waals surface area contributed by atoms with Gasteiger partial charge in [-0.05, 0) is 18.7 Å². The molecule has 0 aliphatic rings. The number of likely N-dealkylation sites (N-methyl/N-ethyl adjacent to an activating group) is 1. The number of sulfonamides is 1. The lowest BCUT2D eigenvalue weighted by atomic mass is 10.3. The van der Waals surface area contributed by atoms with Gasteiger partial charge in [-0.3, -0.25) is 0 Å². The van der Waals surface area contributed by atoms with Crippen LogP contribution in [0, 0.1) is 0 Å². The Hall–Kier alpha value is -1.06. The van der Waals surface area contributed by atoms with Crippen molar-refractivity contribution in [2.75, 3.05) is 40.4 Å². The van der Waals surface area contributed by atoms with Crippen LogP contribution in [-0.4, -0.2) is 63.8 Å². The van der Waals surface area contributed by atoms with Crippen molar-refractivity contribution in [3.63, 3.8) is 0 Å². The number of hydrogen-bond acceptors (Lipinski definition) is 6. The monoisotopic (exact) mass is 303 g/mol. The minimum absolute atomic E-state index is 0.0470. The highest BCUT2D eigenvalue weighted by Crippen LogP contribution is 2.06. The van der Waals surface area contributed by atoms with E-state index in [1.807, 2.05) is 11.9 Å². The first-order valence-corrected chi connectivity index (χ1v) is 7.71. The number of methoxy groups -OCH3 is 1. The summed E-state index contributed by atoms with van der Waals surface area (Å²) in [6, 6.07) is 2.91. The van der Waals surface area contributed by atoms with Gasteiger partial charge in [-0.25, -0.2) is 18.1 Å². The molecule has 0 saturated heterocycles. The maximum atomic E-state index is 11.9. The van der Waals surface area contributed by atoms with Gasteiger partial charge in [0, 0.05) is 32.9 Å². The van der Waals surface area contributed by atoms with Crippen molar-refractivity contribution >= 4 is 10.0 Å². The van der Waals surface area contributed by atoms with E-state index < -0.39 is 10.0 Å². The molecule has 0 amide bonds. The Balaban J connectivity index is 2.48. The van der Waals surface area contributed by atoms with Crippen LogP contribution in [0.3, 0.4) is 0 Å². The summed E-state index contributed by atoms with van der Waals surface area (Å²) in [4.78, 5) is 5.79. The van der Waals surface area contributed by atoms with Crippen molar-refractivity contribution in [2.45, 2.75) is 11.6 Å². The molecule has 0 saturated carbocycles. The lowest BCUT2D eigenvalue weighted by molar-refractivity contribution is 0.162. The first kappa shape index (κ1) is 17.0. The number of pyridine rings is 1. The van der Waals surface area contributed by atoms with E-state index >= 15 is 0 Å². The van der Waals surface area contributed by atoms with Crippen LogP contribution in [0.15, 0.2) is 23.4 Å². The number of nitrogens with zero attached hydrogens (tertiary/aromatic N) is 2. The van der Waals surface area contributed by atoms with Gasteiger partial charge in [-0.2, -0.15) is 0 Å². The minimum atomic E-state index is -3.60. The van der Waals surface area contributed by atoms with Crippen molar-refractivity contribution in [3.05, 3.63) is 23.9 Å². The van der Waals surface area contributed by atoms with Gasteiger partial charge in [-0.1, -0.05) is 6.07 Å². The number of aromatic nitrogens is 1. The Bertz CT molecular complexity index is 490. The molecule has 8 heteroatoms. The van der Waals surface area contributed by atoms with Crippen LogP contribution in [0.4, 0.5) is 0 Å². The number of rotatable bonds is 9. The molecule has 20 heavy (non-hydrogen) atoms. The Kier molecular flexibility index (Phi) is 7.03. The molecule has 114 valence electrons. The van der Waals surface area contributed by atoms with Crippen molar-refractivity contribution in [1.29, 1.82) is 0 Å². The Morgan fingerprint density at radius 3 is 2.70 bits per heavy atom. The lowest BCUT2D eigenvalue weighted by Gasteiger charge is -2.16. The maximum absolute atomic E-state index is 11.9. The van der Waals surface area contributed by atoms with E-state index in [1.165, 1.54) is 18.3 Å². The van der Waals surface area contributed by atoms with Gasteiger partial charge < -0.3 is 14.7 Å². The molecule has 1 rings (SSSR count). The van der Waals surface area contributed by atoms with E-state index in [0.29, 0.717) is 25.3 Å². The average Bonchev–Trinajstić information content (AvgIpc) is 2.45. The predicted octanol–water partition coefficient (Wildman–Crippen LogP) is -0.570. The van der Waals surface area contributed by atoms with Crippen LogP contribution in [0.1, 0.15) is 5.56 Å². The molecule has 0 atom stereocenters. The number of aliphatic hydroxyl groups is 1. The molecule has 7 nitrogen and oxygen atoms in total. The molecule has 0 unspecified atom stereocenters. The molecular weight excluding hydrogens is 282 g/mol. The first-order valence-electron chi connectivity index (χ1n) is 6.22. The van der Waals surface area contributed by atoms with Crippen molar-refractivity contribution in [1.82, 2.24) is 14.6 Å². The van der Waals surface area contributed by atoms with E-state index in [1.54, 1.807) is 7.11 Å². The van der Waals surface area contributed by atoms with Crippen LogP contribution in [0.5, 0.6) is 0 Å². The molecule has 0 radical (unpaired) electrons. The molecule has 0 aliphatic heterocycles. The third-order valence-corrected chi connectivity index (χ3v) is 4.09. The molecule has 0 bridgehead atoms. The summed E-state index contributed by atoms with van der Waals surface area (Å²) in [5.74, 6) is 0. The van der Waals surface area contributed by atoms with E-state index in [2.05, 4.69) is 9.71 Å². The average molecular weight is 303 g/mol. The highest BCUT2D eigenvalue weighted by Gasteiger charge is 2.15. The molecule has 0 aliphatic carbocycles. The summed E-state index contributed by atoms with van der Waals surface area (Å²) in [7, 11) is -0.0883. The fourth-order valence-corrected chi connectivity index (χ4v) is 2.41. The lowest BCUT2D eigenvalue weighted by Crippen LogP contribution is -2.34. The molecule has 1 heterocycles. The standard InChI is InChI=1S/C12H21N3O4S/c1-15(7-8-19-2)6-5-14-20(17,18)12-4-3-11(10-16)9-13-12/h3-4,9,14,16H,5-8,10H2,1-2H3. The summed E-state index contributed by atoms with van der Waals surface area (Å²) < 4.78 is 31.3. The molecular formula is C12H21N3O4S. The summed E-state index contributed by atoms with van der Waals surface area (Å²) in [6.45, 7) is 2.06. The minimum Gasteiger partial charge on any atom is -0.392 e. The van der Waals surface area contributed by atoms with E-state index in [4.69, 9.17) is 9.84 Å². The Labute approximate surface area is 119 Å². The highest BCUT2D eigenvalue weighted by atomic mass is 32.2. The third-order valence-electron chi connectivity index (χ3n) is 2.72. The highest BCUT2D eigenvalue weighted by molar-refractivity contribution is 7.89. The zero-order valence-electron chi connectivity index (χ0n) is 11.7. The molecule has 0 fully saturated rings. The summed E-state index contributed by atoms with van der Waals surface area (Å²) in [5, 5.41) is 8.84. The maximum Gasteiger partial charge on any atom is 0.258 e. The SMILES string of the molecule is COCCN(C)CCNS(=O)(=O)c1ccc(CO)cn1. The van der Waals surface area contributed by atoms with Gasteiger partial charge in [0.15, 0.2) is 5.03 Å². The zero-order chi connectivity index (χ0) is 15.0. The number of ether oxygens (including phenoxy) is 1. The predicted molar refractivity (Wildman–Crippen MR) is 74.7 cm³/mol. The van der Waals surface area contributed by atoms with Gasteiger partial charge in [0.1, 0.15) is 0 Å². The van der Waals surface area contributed by atoms with E-state index in [0.717, 1.165) is 6.54 Å². The van der Waals surface area contributed by atoms with Gasteiger partial charge in [0.05, 0.1) is 13.2 Å². The van der Waals surface area contributed by atoms with Crippen molar-refractivity contribution in [2.24, 2.45) is 0 Å². The fourth-order valence-electron chi connectivity index (χ4n) is 1.47.